The number of amides is 1. The van der Waals surface area contributed by atoms with E-state index in [4.69, 9.17) is 5.73 Å². The molecule has 36 heavy (non-hydrogen) atoms. The number of nitrogens with zero attached hydrogens (tertiary/aromatic N) is 3. The van der Waals surface area contributed by atoms with E-state index in [2.05, 4.69) is 5.10 Å². The number of Topliss-reactive ketones (excluding diaryl/α,β-unsaturated/α-hetero) is 3. The Morgan fingerprint density at radius 2 is 1.92 bits per heavy atom. The van der Waals surface area contributed by atoms with Gasteiger partial charge in [0.25, 0.3) is 0 Å². The number of primary amides is 1. The second kappa shape index (κ2) is 7.76. The van der Waals surface area contributed by atoms with E-state index in [-0.39, 0.29) is 36.1 Å². The Balaban J connectivity index is 1.73. The molecule has 0 saturated heterocycles. The molecule has 0 aliphatic heterocycles. The molecule has 5 rings (SSSR count). The summed E-state index contributed by atoms with van der Waals surface area (Å²) < 4.78 is 1.55. The van der Waals surface area contributed by atoms with Crippen LogP contribution in [0, 0.1) is 17.8 Å². The van der Waals surface area contributed by atoms with Crippen LogP contribution in [0.3, 0.4) is 0 Å². The van der Waals surface area contributed by atoms with E-state index in [1.165, 1.54) is 0 Å². The van der Waals surface area contributed by atoms with Gasteiger partial charge in [-0.25, -0.2) is 0 Å². The third-order valence-electron chi connectivity index (χ3n) is 7.76. The van der Waals surface area contributed by atoms with Gasteiger partial charge in [-0.05, 0) is 36.5 Å². The minimum Gasteiger partial charge on any atom is -0.507 e. The van der Waals surface area contributed by atoms with Crippen LogP contribution in [-0.2, 0) is 32.6 Å². The first-order valence-electron chi connectivity index (χ1n) is 11.5. The van der Waals surface area contributed by atoms with Gasteiger partial charge in [-0.1, -0.05) is 0 Å². The topological polar surface area (TPSA) is 176 Å². The SMILES string of the molecule is CN(C)c1cc(-c2ccnn2C)c(O)c2c1C[C@H]1C[C@H]3CC(=O)C(C(N)=O)C(=O)[C@@]3(O)C(=O)C1=C2O. The highest BCUT2D eigenvalue weighted by atomic mass is 16.3. The van der Waals surface area contributed by atoms with Crippen molar-refractivity contribution < 1.29 is 34.5 Å². The molecule has 3 aliphatic rings. The molecule has 2 fully saturated rings. The number of ketones is 3. The van der Waals surface area contributed by atoms with Gasteiger partial charge in [-0.3, -0.25) is 23.9 Å². The average molecular weight is 495 g/mol. The monoisotopic (exact) mass is 494 g/mol. The number of benzene rings is 1. The maximum Gasteiger partial charge on any atom is 0.235 e. The molecule has 4 atom stereocenters. The zero-order valence-corrected chi connectivity index (χ0v) is 20.0. The van der Waals surface area contributed by atoms with Crippen molar-refractivity contribution in [1.29, 1.82) is 0 Å². The summed E-state index contributed by atoms with van der Waals surface area (Å²) in [5.74, 6) is -8.66. The van der Waals surface area contributed by atoms with Crippen LogP contribution in [-0.4, -0.2) is 68.1 Å². The maximum absolute atomic E-state index is 13.7. The molecule has 3 aliphatic carbocycles. The first kappa shape index (κ1) is 23.7. The number of aryl methyl sites for hydroxylation is 1. The molecule has 1 aromatic heterocycles. The molecule has 188 valence electrons. The van der Waals surface area contributed by atoms with E-state index in [1.807, 2.05) is 19.0 Å². The van der Waals surface area contributed by atoms with Crippen LogP contribution < -0.4 is 10.6 Å². The number of carbonyl (C=O) groups excluding carboxylic acids is 4. The second-order valence-corrected chi connectivity index (χ2v) is 9.94. The van der Waals surface area contributed by atoms with Gasteiger partial charge in [0.2, 0.25) is 11.7 Å². The lowest BCUT2D eigenvalue weighted by molar-refractivity contribution is -0.169. The zero-order chi connectivity index (χ0) is 26.3. The average Bonchev–Trinajstić information content (AvgIpc) is 3.21. The summed E-state index contributed by atoms with van der Waals surface area (Å²) in [7, 11) is 5.32. The summed E-state index contributed by atoms with van der Waals surface area (Å²) >= 11 is 0. The number of aromatic hydroxyl groups is 1. The van der Waals surface area contributed by atoms with Crippen molar-refractivity contribution in [2.45, 2.75) is 24.9 Å². The summed E-state index contributed by atoms with van der Waals surface area (Å²) in [5, 5.41) is 38.2. The van der Waals surface area contributed by atoms with Gasteiger partial charge in [0.05, 0.1) is 11.3 Å². The number of aliphatic hydroxyl groups is 2. The first-order chi connectivity index (χ1) is 16.9. The smallest absolute Gasteiger partial charge is 0.235 e. The highest BCUT2D eigenvalue weighted by Crippen LogP contribution is 2.53. The van der Waals surface area contributed by atoms with Crippen LogP contribution in [0.5, 0.6) is 5.75 Å². The number of aromatic nitrogens is 2. The van der Waals surface area contributed by atoms with Crippen LogP contribution in [0.1, 0.15) is 24.0 Å². The van der Waals surface area contributed by atoms with E-state index in [1.54, 1.807) is 30.1 Å². The molecule has 5 N–H and O–H groups in total. The fourth-order valence-corrected chi connectivity index (χ4v) is 6.03. The fraction of sp³-hybridized carbons (Fsp3) is 0.400. The highest BCUT2D eigenvalue weighted by Gasteiger charge is 2.64. The van der Waals surface area contributed by atoms with Crippen molar-refractivity contribution in [3.05, 3.63) is 35.0 Å². The summed E-state index contributed by atoms with van der Waals surface area (Å²) in [6.07, 6.45) is 1.48. The largest absolute Gasteiger partial charge is 0.507 e. The Bertz CT molecular complexity index is 1410. The predicted molar refractivity (Wildman–Crippen MR) is 127 cm³/mol. The van der Waals surface area contributed by atoms with Crippen molar-refractivity contribution >= 4 is 34.7 Å². The summed E-state index contributed by atoms with van der Waals surface area (Å²) in [4.78, 5) is 52.8. The number of hydrogen-bond acceptors (Lipinski definition) is 9. The van der Waals surface area contributed by atoms with Crippen LogP contribution in [0.25, 0.3) is 17.0 Å². The first-order valence-corrected chi connectivity index (χ1v) is 11.5. The molecule has 11 nitrogen and oxygen atoms in total. The summed E-state index contributed by atoms with van der Waals surface area (Å²) in [6, 6.07) is 3.47. The Morgan fingerprint density at radius 3 is 2.50 bits per heavy atom. The van der Waals surface area contributed by atoms with Crippen LogP contribution in [0.2, 0.25) is 0 Å². The van der Waals surface area contributed by atoms with E-state index < -0.39 is 52.4 Å². The van der Waals surface area contributed by atoms with Crippen LogP contribution >= 0.6 is 0 Å². The lowest BCUT2D eigenvalue weighted by Crippen LogP contribution is -2.65. The molecular formula is C25H26N4O7. The number of aliphatic hydroxyl groups excluding tert-OH is 1. The van der Waals surface area contributed by atoms with Crippen molar-refractivity contribution in [3.8, 4) is 17.0 Å². The number of nitrogens with two attached hydrogens (primary N) is 1. The fourth-order valence-electron chi connectivity index (χ4n) is 6.03. The van der Waals surface area contributed by atoms with Gasteiger partial charge < -0.3 is 26.0 Å². The number of phenolic OH excluding ortho intramolecular Hbond substituents is 1. The van der Waals surface area contributed by atoms with Crippen molar-refractivity contribution in [2.75, 3.05) is 19.0 Å². The number of carbonyl (C=O) groups is 4. The van der Waals surface area contributed by atoms with E-state index >= 15 is 0 Å². The molecule has 1 amide bonds. The lowest BCUT2D eigenvalue weighted by Gasteiger charge is -2.46. The quantitative estimate of drug-likeness (QED) is 0.436. The van der Waals surface area contributed by atoms with E-state index in [0.717, 1.165) is 0 Å². The number of fused-ring (bicyclic) bond motifs is 3. The lowest BCUT2D eigenvalue weighted by atomic mass is 9.56. The van der Waals surface area contributed by atoms with Gasteiger partial charge >= 0.3 is 0 Å². The molecule has 2 aromatic rings. The van der Waals surface area contributed by atoms with E-state index in [0.29, 0.717) is 22.5 Å². The molecule has 0 radical (unpaired) electrons. The Hall–Kier alpha value is -3.99. The third-order valence-corrected chi connectivity index (χ3v) is 7.76. The number of rotatable bonds is 3. The summed E-state index contributed by atoms with van der Waals surface area (Å²) in [6.45, 7) is 0. The predicted octanol–water partition coefficient (Wildman–Crippen LogP) is 0.264. The number of phenols is 1. The molecule has 2 saturated carbocycles. The normalized spacial score (nSPS) is 27.4. The number of anilines is 1. The third kappa shape index (κ3) is 2.98. The molecular weight excluding hydrogens is 468 g/mol. The molecule has 0 spiro atoms. The number of hydrogen-bond donors (Lipinski definition) is 4. The van der Waals surface area contributed by atoms with Crippen molar-refractivity contribution in [3.63, 3.8) is 0 Å². The van der Waals surface area contributed by atoms with Gasteiger partial charge in [0.1, 0.15) is 11.5 Å². The zero-order valence-electron chi connectivity index (χ0n) is 20.0. The maximum atomic E-state index is 13.7. The molecule has 1 aromatic carbocycles. The van der Waals surface area contributed by atoms with Crippen molar-refractivity contribution in [1.82, 2.24) is 9.78 Å². The Morgan fingerprint density at radius 1 is 1.22 bits per heavy atom. The summed E-state index contributed by atoms with van der Waals surface area (Å²) in [5.41, 5.74) is 4.63. The van der Waals surface area contributed by atoms with Crippen molar-refractivity contribution in [2.24, 2.45) is 30.5 Å². The molecule has 1 unspecified atom stereocenters. The highest BCUT2D eigenvalue weighted by molar-refractivity contribution is 6.31. The standard InChI is InChI=1S/C25H26N4O7/c1-28(2)15-9-13(14-4-5-27-29(14)3)20(31)18-12(15)7-10-6-11-8-16(30)19(24(26)35)23(34)25(11,36)22(33)17(10)21(18)32/h4-5,9-11,19,31-32,36H,6-8H2,1-3H3,(H2,26,35)/t10-,11+,19?,25+/m1/s1. The van der Waals surface area contributed by atoms with Gasteiger partial charge in [-0.2, -0.15) is 5.10 Å². The Labute approximate surface area is 205 Å². The minimum absolute atomic E-state index is 0.0323. The minimum atomic E-state index is -2.66. The van der Waals surface area contributed by atoms with E-state index in [9.17, 15) is 34.5 Å². The molecule has 11 heteroatoms. The van der Waals surface area contributed by atoms with Gasteiger partial charge in [0.15, 0.2) is 23.1 Å². The molecule has 1 heterocycles. The van der Waals surface area contributed by atoms with Crippen LogP contribution in [0.4, 0.5) is 5.69 Å². The van der Waals surface area contributed by atoms with Gasteiger partial charge in [-0.15, -0.1) is 0 Å². The Kier molecular flexibility index (Phi) is 5.11. The second-order valence-electron chi connectivity index (χ2n) is 9.94. The van der Waals surface area contributed by atoms with Gasteiger partial charge in [0, 0.05) is 56.5 Å². The van der Waals surface area contributed by atoms with Crippen LogP contribution in [0.15, 0.2) is 23.9 Å². The molecule has 0 bridgehead atoms.